The van der Waals surface area contributed by atoms with Crippen molar-refractivity contribution in [2.45, 2.75) is 63.6 Å². The fourth-order valence-corrected chi connectivity index (χ4v) is 2.87. The molecule has 0 aromatic rings. The van der Waals surface area contributed by atoms with Crippen LogP contribution >= 0.6 is 0 Å². The van der Waals surface area contributed by atoms with E-state index in [2.05, 4.69) is 5.32 Å². The van der Waals surface area contributed by atoms with Gasteiger partial charge < -0.3 is 25.7 Å². The largest absolute Gasteiger partial charge is 0.390 e. The molecule has 5 N–H and O–H groups in total. The van der Waals surface area contributed by atoms with Crippen molar-refractivity contribution < 1.29 is 25.2 Å². The van der Waals surface area contributed by atoms with Gasteiger partial charge in [-0.15, -0.1) is 0 Å². The van der Waals surface area contributed by atoms with Gasteiger partial charge in [-0.3, -0.25) is 4.79 Å². The van der Waals surface area contributed by atoms with Gasteiger partial charge in [-0.05, 0) is 26.7 Å². The van der Waals surface area contributed by atoms with Crippen LogP contribution in [-0.4, -0.2) is 56.8 Å². The highest BCUT2D eigenvalue weighted by molar-refractivity contribution is 5.87. The maximum absolute atomic E-state index is 11.9. The predicted octanol–water partition coefficient (Wildman–Crippen LogP) is 2.96. The molecule has 0 bridgehead atoms. The summed E-state index contributed by atoms with van der Waals surface area (Å²) in [6, 6.07) is -0.000138. The van der Waals surface area contributed by atoms with Gasteiger partial charge in [0.1, 0.15) is 6.10 Å². The van der Waals surface area contributed by atoms with Gasteiger partial charge in [0.15, 0.2) is 0 Å². The van der Waals surface area contributed by atoms with E-state index in [0.717, 1.165) is 5.57 Å². The Morgan fingerprint density at radius 3 is 2.18 bits per heavy atom. The van der Waals surface area contributed by atoms with E-state index in [4.69, 9.17) is 0 Å². The molecule has 0 radical (unpaired) electrons. The van der Waals surface area contributed by atoms with Crippen molar-refractivity contribution in [3.63, 3.8) is 0 Å². The van der Waals surface area contributed by atoms with Gasteiger partial charge in [0, 0.05) is 18.5 Å². The fraction of sp³-hybridized carbons (Fsp3) is 0.370. The minimum absolute atomic E-state index is 0.000138. The van der Waals surface area contributed by atoms with Crippen LogP contribution in [0.4, 0.5) is 0 Å². The summed E-state index contributed by atoms with van der Waals surface area (Å²) >= 11 is 0. The number of allylic oxidation sites excluding steroid dienone is 12. The van der Waals surface area contributed by atoms with Gasteiger partial charge in [-0.1, -0.05) is 90.6 Å². The standard InChI is InChI=1S/C27H37NO5/c1-21-14-8-6-7-9-16-22(2)28-26(32)19-11-5-3-4-10-18-24(30)27(33)25(31)20-23(29)17-13-12-15-21/h3-15,17,19,22-25,27,29-31,33H,16,18,20H2,1-2H3,(H,28,32). The molecule has 0 spiro atoms. The van der Waals surface area contributed by atoms with Crippen molar-refractivity contribution in [2.75, 3.05) is 0 Å². The smallest absolute Gasteiger partial charge is 0.244 e. The third kappa shape index (κ3) is 14.1. The molecule has 6 nitrogen and oxygen atoms in total. The Labute approximate surface area is 197 Å². The molecule has 1 rings (SSSR count). The highest BCUT2D eigenvalue weighted by Gasteiger charge is 2.25. The molecule has 6 heteroatoms. The molecular formula is C27H37NO5. The van der Waals surface area contributed by atoms with Crippen LogP contribution in [-0.2, 0) is 4.79 Å². The molecule has 5 unspecified atom stereocenters. The minimum atomic E-state index is -1.38. The zero-order valence-electron chi connectivity index (χ0n) is 19.4. The molecule has 0 saturated heterocycles. The number of carbonyl (C=O) groups excluding carboxylic acids is 1. The summed E-state index contributed by atoms with van der Waals surface area (Å²) in [4.78, 5) is 11.9. The summed E-state index contributed by atoms with van der Waals surface area (Å²) in [5.74, 6) is -0.185. The van der Waals surface area contributed by atoms with E-state index >= 15 is 0 Å². The molecule has 180 valence electrons. The number of rotatable bonds is 0. The van der Waals surface area contributed by atoms with Crippen LogP contribution in [0.15, 0.2) is 96.7 Å². The molecule has 0 aromatic heterocycles. The van der Waals surface area contributed by atoms with Crippen molar-refractivity contribution >= 4 is 5.91 Å². The molecule has 0 fully saturated rings. The maximum atomic E-state index is 11.9. The third-order valence-electron chi connectivity index (χ3n) is 4.77. The van der Waals surface area contributed by atoms with Crippen LogP contribution in [0.3, 0.4) is 0 Å². The molecule has 1 aliphatic heterocycles. The van der Waals surface area contributed by atoms with Crippen LogP contribution in [0, 0.1) is 0 Å². The van der Waals surface area contributed by atoms with E-state index < -0.39 is 24.4 Å². The van der Waals surface area contributed by atoms with E-state index in [1.165, 1.54) is 12.2 Å². The Morgan fingerprint density at radius 1 is 0.788 bits per heavy atom. The van der Waals surface area contributed by atoms with Crippen LogP contribution in [0.25, 0.3) is 0 Å². The predicted molar refractivity (Wildman–Crippen MR) is 133 cm³/mol. The van der Waals surface area contributed by atoms with Crippen molar-refractivity contribution in [1.29, 1.82) is 0 Å². The Kier molecular flexibility index (Phi) is 14.4. The minimum Gasteiger partial charge on any atom is -0.390 e. The summed E-state index contributed by atoms with van der Waals surface area (Å²) in [5.41, 5.74) is 1.01. The zero-order valence-corrected chi connectivity index (χ0v) is 19.4. The molecule has 33 heavy (non-hydrogen) atoms. The number of amides is 1. The molecule has 0 aromatic carbocycles. The van der Waals surface area contributed by atoms with Crippen LogP contribution in [0.2, 0.25) is 0 Å². The van der Waals surface area contributed by atoms with Crippen molar-refractivity contribution in [3.8, 4) is 0 Å². The first-order chi connectivity index (χ1) is 15.8. The van der Waals surface area contributed by atoms with E-state index in [9.17, 15) is 25.2 Å². The maximum Gasteiger partial charge on any atom is 0.244 e. The first kappa shape index (κ1) is 28.3. The fourth-order valence-electron chi connectivity index (χ4n) is 2.87. The molecule has 1 amide bonds. The molecule has 0 aliphatic carbocycles. The molecule has 1 aliphatic rings. The lowest BCUT2D eigenvalue weighted by molar-refractivity contribution is -0.117. The van der Waals surface area contributed by atoms with Gasteiger partial charge >= 0.3 is 0 Å². The number of carbonyl (C=O) groups is 1. The van der Waals surface area contributed by atoms with Gasteiger partial charge in [-0.2, -0.15) is 0 Å². The number of hydrogen-bond donors (Lipinski definition) is 5. The second kappa shape index (κ2) is 16.8. The number of nitrogens with one attached hydrogen (secondary N) is 1. The van der Waals surface area contributed by atoms with Crippen LogP contribution in [0.5, 0.6) is 0 Å². The van der Waals surface area contributed by atoms with Crippen molar-refractivity contribution in [1.82, 2.24) is 5.32 Å². The van der Waals surface area contributed by atoms with Gasteiger partial charge in [0.2, 0.25) is 5.91 Å². The molecule has 1 heterocycles. The first-order valence-electron chi connectivity index (χ1n) is 11.2. The van der Waals surface area contributed by atoms with Gasteiger partial charge in [-0.25, -0.2) is 0 Å². The number of aliphatic hydroxyl groups is 4. The van der Waals surface area contributed by atoms with Crippen molar-refractivity contribution in [2.24, 2.45) is 0 Å². The normalized spacial score (nSPS) is 29.1. The number of aliphatic hydroxyl groups excluding tert-OH is 4. The number of hydrogen-bond acceptors (Lipinski definition) is 5. The van der Waals surface area contributed by atoms with Crippen LogP contribution < -0.4 is 5.32 Å². The Balaban J connectivity index is 2.86. The van der Waals surface area contributed by atoms with Gasteiger partial charge in [0.25, 0.3) is 0 Å². The lowest BCUT2D eigenvalue weighted by Gasteiger charge is -2.23. The van der Waals surface area contributed by atoms with E-state index in [-0.39, 0.29) is 24.8 Å². The lowest BCUT2D eigenvalue weighted by atomic mass is 10.00. The summed E-state index contributed by atoms with van der Waals surface area (Å²) < 4.78 is 0. The summed E-state index contributed by atoms with van der Waals surface area (Å²) in [6.45, 7) is 3.88. The second-order valence-electron chi connectivity index (χ2n) is 7.95. The highest BCUT2D eigenvalue weighted by atomic mass is 16.4. The Morgan fingerprint density at radius 2 is 1.42 bits per heavy atom. The van der Waals surface area contributed by atoms with Gasteiger partial charge in [0.05, 0.1) is 18.3 Å². The van der Waals surface area contributed by atoms with E-state index in [0.29, 0.717) is 6.42 Å². The molecule has 0 saturated carbocycles. The van der Waals surface area contributed by atoms with Crippen molar-refractivity contribution in [3.05, 3.63) is 96.7 Å². The Hall–Kier alpha value is -2.77. The average Bonchev–Trinajstić information content (AvgIpc) is 2.76. The summed E-state index contributed by atoms with van der Waals surface area (Å²) in [5, 5.41) is 43.1. The quantitative estimate of drug-likeness (QED) is 0.386. The lowest BCUT2D eigenvalue weighted by Crippen LogP contribution is -2.38. The van der Waals surface area contributed by atoms with E-state index in [1.54, 1.807) is 42.5 Å². The Bertz CT molecular complexity index is 816. The highest BCUT2D eigenvalue weighted by Crippen LogP contribution is 2.11. The summed E-state index contributed by atoms with van der Waals surface area (Å²) in [7, 11) is 0. The molecule has 5 atom stereocenters. The topological polar surface area (TPSA) is 110 Å². The third-order valence-corrected chi connectivity index (χ3v) is 4.77. The SMILES string of the molecule is CC1=CC=CC=CCC(C)NC(=O)C=CC=CC=CCC(O)C(O)C(O)CC(O)C=CC=C1. The van der Waals surface area contributed by atoms with Crippen LogP contribution in [0.1, 0.15) is 33.1 Å². The van der Waals surface area contributed by atoms with E-state index in [1.807, 2.05) is 50.3 Å². The second-order valence-corrected chi connectivity index (χ2v) is 7.95. The first-order valence-corrected chi connectivity index (χ1v) is 11.2. The molecular weight excluding hydrogens is 418 g/mol. The zero-order chi connectivity index (χ0) is 24.5. The summed E-state index contributed by atoms with van der Waals surface area (Å²) in [6.07, 6.45) is 22.2. The average molecular weight is 456 g/mol. The monoisotopic (exact) mass is 455 g/mol.